The summed E-state index contributed by atoms with van der Waals surface area (Å²) < 4.78 is 4.70. The highest BCUT2D eigenvalue weighted by molar-refractivity contribution is 6.64. The maximum absolute atomic E-state index is 11.7. The molecule has 106 valence electrons. The van der Waals surface area contributed by atoms with Crippen molar-refractivity contribution in [2.45, 2.75) is 12.1 Å². The molecule has 2 unspecified atom stereocenters. The molecule has 1 rings (SSSR count). The van der Waals surface area contributed by atoms with Gasteiger partial charge in [0.15, 0.2) is 0 Å². The number of benzene rings is 1. The lowest BCUT2D eigenvalue weighted by molar-refractivity contribution is -0.143. The molecule has 1 N–H and O–H groups in total. The van der Waals surface area contributed by atoms with Gasteiger partial charge in [-0.15, -0.1) is 0 Å². The fourth-order valence-corrected chi connectivity index (χ4v) is 1.68. The lowest BCUT2D eigenvalue weighted by Crippen LogP contribution is -2.36. The fourth-order valence-electron chi connectivity index (χ4n) is 1.56. The molecule has 0 fully saturated rings. The van der Waals surface area contributed by atoms with Crippen LogP contribution in [0.5, 0.6) is 0 Å². The van der Waals surface area contributed by atoms with E-state index >= 15 is 0 Å². The van der Waals surface area contributed by atoms with Crippen LogP contribution < -0.4 is 5.32 Å². The molecule has 0 aliphatic rings. The Hall–Kier alpha value is -2.08. The number of carbonyl (C=O) groups is 2. The molecule has 0 radical (unpaired) electrons. The number of rotatable bonds is 7. The zero-order valence-corrected chi connectivity index (χ0v) is 11.4. The maximum Gasteiger partial charge on any atom is 0.327 e. The molecule has 1 aromatic rings. The van der Waals surface area contributed by atoms with Crippen LogP contribution in [0, 0.1) is 0 Å². The summed E-state index contributed by atoms with van der Waals surface area (Å²) in [5, 5.41) is 5.27. The highest BCUT2D eigenvalue weighted by Crippen LogP contribution is 2.14. The number of nitrogens with one attached hydrogen (secondary N) is 1. The van der Waals surface area contributed by atoms with E-state index in [0.717, 1.165) is 0 Å². The van der Waals surface area contributed by atoms with Gasteiger partial charge in [0.1, 0.15) is 12.1 Å². The van der Waals surface area contributed by atoms with Crippen molar-refractivity contribution in [2.24, 2.45) is 5.11 Å². The minimum atomic E-state index is -1.09. The third-order valence-electron chi connectivity index (χ3n) is 2.54. The van der Waals surface area contributed by atoms with Gasteiger partial charge in [-0.2, -0.15) is 0 Å². The minimum Gasteiger partial charge on any atom is -0.468 e. The number of halogens is 1. The molecular weight excluding hydrogens is 284 g/mol. The average molecular weight is 297 g/mol. The van der Waals surface area contributed by atoms with Crippen LogP contribution in [0.15, 0.2) is 35.4 Å². The van der Waals surface area contributed by atoms with Crippen LogP contribution >= 0.6 is 11.6 Å². The number of ether oxygens (including phenoxy) is 1. The number of methoxy groups -OCH3 is 1. The Morgan fingerprint density at radius 3 is 2.60 bits per heavy atom. The van der Waals surface area contributed by atoms with E-state index in [-0.39, 0.29) is 6.54 Å². The van der Waals surface area contributed by atoms with Gasteiger partial charge < -0.3 is 4.74 Å². The van der Waals surface area contributed by atoms with Gasteiger partial charge in [-0.3, -0.25) is 10.1 Å². The number of nitrogens with zero attached hydrogens (tertiary/aromatic N) is 3. The predicted molar refractivity (Wildman–Crippen MR) is 73.0 cm³/mol. The van der Waals surface area contributed by atoms with Gasteiger partial charge in [0.2, 0.25) is 5.24 Å². The molecule has 0 aliphatic carbocycles. The predicted octanol–water partition coefficient (Wildman–Crippen LogP) is 1.93. The third-order valence-corrected chi connectivity index (χ3v) is 2.79. The molecule has 8 heteroatoms. The molecule has 0 heterocycles. The van der Waals surface area contributed by atoms with Crippen LogP contribution in [0.25, 0.3) is 10.4 Å². The minimum absolute atomic E-state index is 0.0684. The molecule has 0 aromatic heterocycles. The maximum atomic E-state index is 11.7. The zero-order valence-electron chi connectivity index (χ0n) is 10.7. The van der Waals surface area contributed by atoms with Crippen LogP contribution in [0.4, 0.5) is 0 Å². The summed E-state index contributed by atoms with van der Waals surface area (Å²) in [5.41, 5.74) is 9.02. The van der Waals surface area contributed by atoms with Gasteiger partial charge in [0, 0.05) is 11.5 Å². The van der Waals surface area contributed by atoms with E-state index < -0.39 is 23.3 Å². The van der Waals surface area contributed by atoms with Crippen LogP contribution in [0.1, 0.15) is 11.6 Å². The Kier molecular flexibility index (Phi) is 6.52. The summed E-state index contributed by atoms with van der Waals surface area (Å²) in [5.74, 6) is -0.516. The molecule has 0 aliphatic heterocycles. The summed E-state index contributed by atoms with van der Waals surface area (Å²) in [7, 11) is 1.26. The van der Waals surface area contributed by atoms with E-state index in [1.54, 1.807) is 24.3 Å². The number of azide groups is 1. The van der Waals surface area contributed by atoms with Gasteiger partial charge in [0.05, 0.1) is 7.11 Å². The monoisotopic (exact) mass is 296 g/mol. The molecule has 0 bridgehead atoms. The molecule has 7 nitrogen and oxygen atoms in total. The first-order chi connectivity index (χ1) is 9.60. The van der Waals surface area contributed by atoms with Gasteiger partial charge in [-0.05, 0) is 22.7 Å². The van der Waals surface area contributed by atoms with Crippen molar-refractivity contribution < 1.29 is 14.3 Å². The second-order valence-corrected chi connectivity index (χ2v) is 4.17. The molecular formula is C12H13ClN4O3. The standard InChI is InChI=1S/C12H13ClN4O3/c1-20-12(19)10(8-5-3-2-4-6-8)15-7-9(11(13)18)16-17-14/h2-6,9-10,15H,7H2,1H3. The van der Waals surface area contributed by atoms with Crippen LogP contribution in [-0.2, 0) is 14.3 Å². The van der Waals surface area contributed by atoms with E-state index in [4.69, 9.17) is 21.9 Å². The van der Waals surface area contributed by atoms with Gasteiger partial charge >= 0.3 is 5.97 Å². The topological polar surface area (TPSA) is 104 Å². The van der Waals surface area contributed by atoms with Crippen molar-refractivity contribution in [1.82, 2.24) is 5.32 Å². The molecule has 0 spiro atoms. The lowest BCUT2D eigenvalue weighted by Gasteiger charge is -2.18. The second kappa shape index (κ2) is 8.16. The Morgan fingerprint density at radius 2 is 2.10 bits per heavy atom. The Balaban J connectivity index is 2.84. The zero-order chi connectivity index (χ0) is 15.0. The third kappa shape index (κ3) is 4.55. The summed E-state index contributed by atoms with van der Waals surface area (Å²) in [4.78, 5) is 25.3. The van der Waals surface area contributed by atoms with Crippen LogP contribution in [-0.4, -0.2) is 30.9 Å². The summed E-state index contributed by atoms with van der Waals surface area (Å²) in [6, 6.07) is 6.96. The van der Waals surface area contributed by atoms with Crippen molar-refractivity contribution in [2.75, 3.05) is 13.7 Å². The second-order valence-electron chi connectivity index (χ2n) is 3.80. The Morgan fingerprint density at radius 1 is 1.45 bits per heavy atom. The first kappa shape index (κ1) is 16.0. The number of esters is 1. The Bertz CT molecular complexity index is 515. The fraction of sp³-hybridized carbons (Fsp3) is 0.333. The number of hydrogen-bond donors (Lipinski definition) is 1. The first-order valence-corrected chi connectivity index (χ1v) is 6.07. The largest absolute Gasteiger partial charge is 0.468 e. The normalized spacial score (nSPS) is 12.9. The van der Waals surface area contributed by atoms with E-state index in [9.17, 15) is 9.59 Å². The molecule has 2 atom stereocenters. The van der Waals surface area contributed by atoms with Crippen LogP contribution in [0.3, 0.4) is 0 Å². The van der Waals surface area contributed by atoms with Crippen molar-refractivity contribution in [1.29, 1.82) is 0 Å². The van der Waals surface area contributed by atoms with Crippen molar-refractivity contribution in [3.63, 3.8) is 0 Å². The summed E-state index contributed by atoms with van der Waals surface area (Å²) >= 11 is 5.31. The SMILES string of the molecule is COC(=O)C(NCC(N=[N+]=[N-])C(=O)Cl)c1ccccc1. The summed E-state index contributed by atoms with van der Waals surface area (Å²) in [6.45, 7) is -0.0684. The molecule has 0 saturated carbocycles. The van der Waals surface area contributed by atoms with E-state index in [1.807, 2.05) is 6.07 Å². The smallest absolute Gasteiger partial charge is 0.327 e. The van der Waals surface area contributed by atoms with Crippen molar-refractivity contribution in [3.05, 3.63) is 46.3 Å². The molecule has 20 heavy (non-hydrogen) atoms. The van der Waals surface area contributed by atoms with E-state index in [1.165, 1.54) is 7.11 Å². The Labute approximate surface area is 120 Å². The van der Waals surface area contributed by atoms with Crippen molar-refractivity contribution in [3.8, 4) is 0 Å². The highest BCUT2D eigenvalue weighted by atomic mass is 35.5. The van der Waals surface area contributed by atoms with Gasteiger partial charge in [0.25, 0.3) is 0 Å². The molecule has 0 amide bonds. The van der Waals surface area contributed by atoms with Gasteiger partial charge in [-0.25, -0.2) is 4.79 Å². The van der Waals surface area contributed by atoms with E-state index in [0.29, 0.717) is 5.56 Å². The number of hydrogen-bond acceptors (Lipinski definition) is 5. The number of carbonyl (C=O) groups excluding carboxylic acids is 2. The summed E-state index contributed by atoms with van der Waals surface area (Å²) in [6.07, 6.45) is 0. The van der Waals surface area contributed by atoms with E-state index in [2.05, 4.69) is 15.3 Å². The van der Waals surface area contributed by atoms with Gasteiger partial charge in [-0.1, -0.05) is 35.4 Å². The highest BCUT2D eigenvalue weighted by Gasteiger charge is 2.23. The average Bonchev–Trinajstić information content (AvgIpc) is 2.46. The first-order valence-electron chi connectivity index (χ1n) is 5.69. The molecule has 0 saturated heterocycles. The lowest BCUT2D eigenvalue weighted by atomic mass is 10.1. The van der Waals surface area contributed by atoms with Crippen molar-refractivity contribution >= 4 is 22.8 Å². The quantitative estimate of drug-likeness (QED) is 0.273. The molecule has 1 aromatic carbocycles. The van der Waals surface area contributed by atoms with Crippen LogP contribution in [0.2, 0.25) is 0 Å².